The maximum Gasteiger partial charge on any atom is 0.326 e. The van der Waals surface area contributed by atoms with Crippen LogP contribution in [0.15, 0.2) is 23.8 Å². The highest BCUT2D eigenvalue weighted by molar-refractivity contribution is 6.01. The van der Waals surface area contributed by atoms with E-state index in [4.69, 9.17) is 14.9 Å². The standard InChI is InChI=1S/C30H39NO11/c1-28-11-9-17(32)13-16(28)3-4-18-19-10-12-30(41,29(19,2)14-21(33)26(18)28)22(34)15-42-25(38)8-6-23(35)31-20(27(39)40)5-7-24(36)37/h9,11,13,18-21,26,33,41H,3-8,10,12,14-15H2,1-2H3,(H,31,35)(H,36,37)(H,39,40)/t18-,19+,20+,21-,26+,28+,29+,30+/m1/s1. The largest absolute Gasteiger partial charge is 0.481 e. The van der Waals surface area contributed by atoms with E-state index in [1.807, 2.05) is 19.9 Å². The van der Waals surface area contributed by atoms with Gasteiger partial charge in [0.1, 0.15) is 11.6 Å². The van der Waals surface area contributed by atoms with Crippen molar-refractivity contribution in [1.29, 1.82) is 0 Å². The molecule has 3 fully saturated rings. The molecule has 0 aliphatic heterocycles. The number of carboxylic acids is 2. The monoisotopic (exact) mass is 589 g/mol. The van der Waals surface area contributed by atoms with Crippen LogP contribution in [0.25, 0.3) is 0 Å². The van der Waals surface area contributed by atoms with E-state index in [0.29, 0.717) is 12.8 Å². The number of Topliss-reactive ketones (excluding diaryl/α,β-unsaturated/α-hetero) is 1. The summed E-state index contributed by atoms with van der Waals surface area (Å²) in [6.45, 7) is 3.13. The molecule has 0 bridgehead atoms. The third kappa shape index (κ3) is 5.66. The van der Waals surface area contributed by atoms with Gasteiger partial charge in [-0.25, -0.2) is 4.79 Å². The minimum absolute atomic E-state index is 0.0202. The molecule has 4 aliphatic carbocycles. The number of fused-ring (bicyclic) bond motifs is 5. The first-order valence-electron chi connectivity index (χ1n) is 14.4. The molecular weight excluding hydrogens is 550 g/mol. The zero-order chi connectivity index (χ0) is 31.0. The molecule has 0 saturated heterocycles. The molecule has 3 saturated carbocycles. The van der Waals surface area contributed by atoms with Crippen molar-refractivity contribution >= 4 is 35.4 Å². The zero-order valence-electron chi connectivity index (χ0n) is 23.8. The van der Waals surface area contributed by atoms with Crippen LogP contribution in [0.4, 0.5) is 0 Å². The first-order chi connectivity index (χ1) is 19.6. The van der Waals surface area contributed by atoms with Gasteiger partial charge >= 0.3 is 17.9 Å². The number of ether oxygens (including phenoxy) is 1. The Morgan fingerprint density at radius 2 is 1.81 bits per heavy atom. The first kappa shape index (κ1) is 31.6. The number of hydrogen-bond donors (Lipinski definition) is 5. The van der Waals surface area contributed by atoms with E-state index in [0.717, 1.165) is 12.0 Å². The van der Waals surface area contributed by atoms with Crippen LogP contribution in [-0.2, 0) is 33.5 Å². The van der Waals surface area contributed by atoms with Crippen molar-refractivity contribution in [3.8, 4) is 0 Å². The number of allylic oxidation sites excluding steroid dienone is 4. The Kier molecular flexibility index (Phi) is 8.80. The summed E-state index contributed by atoms with van der Waals surface area (Å²) in [4.78, 5) is 71.7. The van der Waals surface area contributed by atoms with Gasteiger partial charge in [0.05, 0.1) is 12.5 Å². The smallest absolute Gasteiger partial charge is 0.326 e. The zero-order valence-corrected chi connectivity index (χ0v) is 23.8. The van der Waals surface area contributed by atoms with Gasteiger partial charge in [-0.3, -0.25) is 24.0 Å². The van der Waals surface area contributed by atoms with Crippen LogP contribution in [-0.4, -0.2) is 80.2 Å². The number of rotatable bonds is 11. The highest BCUT2D eigenvalue weighted by Crippen LogP contribution is 2.67. The average molecular weight is 590 g/mol. The highest BCUT2D eigenvalue weighted by Gasteiger charge is 2.68. The number of aliphatic carboxylic acids is 2. The third-order valence-corrected chi connectivity index (χ3v) is 10.3. The van der Waals surface area contributed by atoms with Gasteiger partial charge in [-0.1, -0.05) is 25.5 Å². The van der Waals surface area contributed by atoms with Crippen molar-refractivity contribution in [2.75, 3.05) is 6.61 Å². The van der Waals surface area contributed by atoms with Gasteiger partial charge in [-0.2, -0.15) is 0 Å². The third-order valence-electron chi connectivity index (χ3n) is 10.3. The number of aliphatic hydroxyl groups is 2. The molecule has 0 unspecified atom stereocenters. The van der Waals surface area contributed by atoms with Gasteiger partial charge in [0.25, 0.3) is 0 Å². The van der Waals surface area contributed by atoms with E-state index in [2.05, 4.69) is 5.32 Å². The van der Waals surface area contributed by atoms with Crippen LogP contribution in [0.5, 0.6) is 0 Å². The Bertz CT molecular complexity index is 1240. The Balaban J connectivity index is 1.35. The molecule has 4 rings (SSSR count). The minimum Gasteiger partial charge on any atom is -0.481 e. The number of ketones is 2. The number of aliphatic hydroxyl groups excluding tert-OH is 1. The van der Waals surface area contributed by atoms with Gasteiger partial charge in [0.2, 0.25) is 11.7 Å². The lowest BCUT2D eigenvalue weighted by Crippen LogP contribution is -2.61. The molecule has 12 heteroatoms. The molecule has 0 heterocycles. The first-order valence-corrected chi connectivity index (χ1v) is 14.4. The van der Waals surface area contributed by atoms with Gasteiger partial charge in [-0.05, 0) is 62.5 Å². The molecular formula is C30H39NO11. The van der Waals surface area contributed by atoms with Crippen LogP contribution in [0.2, 0.25) is 0 Å². The second-order valence-electron chi connectivity index (χ2n) is 12.6. The van der Waals surface area contributed by atoms with Gasteiger partial charge in [-0.15, -0.1) is 0 Å². The van der Waals surface area contributed by atoms with Crippen molar-refractivity contribution in [2.24, 2.45) is 28.6 Å². The summed E-state index contributed by atoms with van der Waals surface area (Å²) in [7, 11) is 0. The lowest BCUT2D eigenvalue weighted by atomic mass is 9.46. The topological polar surface area (TPSA) is 205 Å². The number of nitrogens with one attached hydrogen (secondary N) is 1. The number of carbonyl (C=O) groups is 6. The quantitative estimate of drug-likeness (QED) is 0.217. The number of carboxylic acid groups (broad SMARTS) is 2. The molecule has 8 atom stereocenters. The summed E-state index contributed by atoms with van der Waals surface area (Å²) in [5.41, 5.74) is -2.26. The van der Waals surface area contributed by atoms with E-state index in [9.17, 15) is 39.0 Å². The van der Waals surface area contributed by atoms with Crippen molar-refractivity contribution < 1.29 is 53.9 Å². The Morgan fingerprint density at radius 3 is 2.48 bits per heavy atom. The van der Waals surface area contributed by atoms with Crippen LogP contribution in [0.1, 0.15) is 71.6 Å². The molecule has 4 aliphatic rings. The Hall–Kier alpha value is -3.38. The molecule has 0 radical (unpaired) electrons. The van der Waals surface area contributed by atoms with Crippen molar-refractivity contribution in [3.63, 3.8) is 0 Å². The van der Waals surface area contributed by atoms with Gasteiger partial charge < -0.3 is 30.5 Å². The molecule has 1 amide bonds. The SMILES string of the molecule is C[C@]12C=CC(=O)C=C1CC[C@H]1[C@H]2[C@H](O)C[C@@]2(C)[C@H]1CC[C@]2(O)C(=O)COC(=O)CCC(=O)N[C@@H](CCC(=O)O)C(=O)O. The molecule has 0 spiro atoms. The number of hydrogen-bond acceptors (Lipinski definition) is 9. The highest BCUT2D eigenvalue weighted by atomic mass is 16.5. The molecule has 0 aromatic rings. The fourth-order valence-corrected chi connectivity index (χ4v) is 8.13. The lowest BCUT2D eigenvalue weighted by molar-refractivity contribution is -0.181. The molecule has 5 N–H and O–H groups in total. The van der Waals surface area contributed by atoms with E-state index in [1.54, 1.807) is 12.2 Å². The molecule has 230 valence electrons. The molecule has 12 nitrogen and oxygen atoms in total. The van der Waals surface area contributed by atoms with E-state index in [1.165, 1.54) is 0 Å². The average Bonchev–Trinajstić information content (AvgIpc) is 3.19. The van der Waals surface area contributed by atoms with Gasteiger partial charge in [0, 0.05) is 29.6 Å². The summed E-state index contributed by atoms with van der Waals surface area (Å²) >= 11 is 0. The van der Waals surface area contributed by atoms with E-state index < -0.39 is 84.0 Å². The number of esters is 1. The fourth-order valence-electron chi connectivity index (χ4n) is 8.13. The van der Waals surface area contributed by atoms with Crippen LogP contribution < -0.4 is 5.32 Å². The normalized spacial score (nSPS) is 35.6. The number of amides is 1. The van der Waals surface area contributed by atoms with Crippen LogP contribution >= 0.6 is 0 Å². The minimum atomic E-state index is -1.82. The van der Waals surface area contributed by atoms with Crippen molar-refractivity contribution in [1.82, 2.24) is 5.32 Å². The second-order valence-corrected chi connectivity index (χ2v) is 12.6. The molecule has 42 heavy (non-hydrogen) atoms. The Labute approximate surface area is 243 Å². The van der Waals surface area contributed by atoms with E-state index >= 15 is 0 Å². The maximum atomic E-state index is 13.4. The summed E-state index contributed by atoms with van der Waals surface area (Å²) in [6, 6.07) is -1.42. The summed E-state index contributed by atoms with van der Waals surface area (Å²) < 4.78 is 5.08. The molecule has 0 aromatic carbocycles. The van der Waals surface area contributed by atoms with Gasteiger partial charge in [0.15, 0.2) is 12.4 Å². The van der Waals surface area contributed by atoms with Crippen molar-refractivity contribution in [2.45, 2.75) is 89.4 Å². The second kappa shape index (κ2) is 11.7. The Morgan fingerprint density at radius 1 is 1.10 bits per heavy atom. The van der Waals surface area contributed by atoms with Crippen LogP contribution in [0.3, 0.4) is 0 Å². The fraction of sp³-hybridized carbons (Fsp3) is 0.667. The maximum absolute atomic E-state index is 13.4. The summed E-state index contributed by atoms with van der Waals surface area (Å²) in [5, 5.41) is 43.2. The lowest BCUT2D eigenvalue weighted by Gasteiger charge is -2.59. The summed E-state index contributed by atoms with van der Waals surface area (Å²) in [5.74, 6) is -5.24. The predicted molar refractivity (Wildman–Crippen MR) is 145 cm³/mol. The van der Waals surface area contributed by atoms with Crippen molar-refractivity contribution in [3.05, 3.63) is 23.8 Å². The number of carbonyl (C=O) groups excluding carboxylic acids is 4. The predicted octanol–water partition coefficient (Wildman–Crippen LogP) is 1.32. The van der Waals surface area contributed by atoms with Crippen LogP contribution in [0, 0.1) is 28.6 Å². The van der Waals surface area contributed by atoms with E-state index in [-0.39, 0.29) is 42.8 Å². The molecule has 0 aromatic heterocycles. The summed E-state index contributed by atoms with van der Waals surface area (Å²) in [6.07, 6.45) is 4.91.